The van der Waals surface area contributed by atoms with Crippen molar-refractivity contribution in [2.24, 2.45) is 0 Å². The van der Waals surface area contributed by atoms with Gasteiger partial charge in [0.25, 0.3) is 11.6 Å². The number of rotatable bonds is 3. The summed E-state index contributed by atoms with van der Waals surface area (Å²) in [7, 11) is 0. The molecule has 9 heteroatoms. The summed E-state index contributed by atoms with van der Waals surface area (Å²) in [6.07, 6.45) is -6.23. The first-order chi connectivity index (χ1) is 9.29. The predicted octanol–water partition coefficient (Wildman–Crippen LogP) is 1.18. The van der Waals surface area contributed by atoms with Gasteiger partial charge < -0.3 is 14.9 Å². The van der Waals surface area contributed by atoms with Gasteiger partial charge in [-0.15, -0.1) is 0 Å². The number of aliphatic hydroxyl groups is 1. The Hall–Kier alpha value is -2.16. The lowest BCUT2D eigenvalue weighted by atomic mass is 10.2. The summed E-state index contributed by atoms with van der Waals surface area (Å²) in [5.41, 5.74) is 0.796. The van der Waals surface area contributed by atoms with Gasteiger partial charge in [0.2, 0.25) is 0 Å². The van der Waals surface area contributed by atoms with Crippen LogP contribution in [0.1, 0.15) is 16.1 Å². The van der Waals surface area contributed by atoms with Gasteiger partial charge in [0.15, 0.2) is 6.10 Å². The highest BCUT2D eigenvalue weighted by atomic mass is 19.4. The molecule has 0 saturated carbocycles. The van der Waals surface area contributed by atoms with Gasteiger partial charge in [-0.05, 0) is 13.0 Å². The van der Waals surface area contributed by atoms with Gasteiger partial charge in [-0.2, -0.15) is 13.2 Å². The van der Waals surface area contributed by atoms with Gasteiger partial charge >= 0.3 is 6.18 Å². The minimum absolute atomic E-state index is 0.0539. The summed E-state index contributed by atoms with van der Waals surface area (Å²) in [5, 5.41) is 14.9. The fourth-order valence-corrected chi connectivity index (χ4v) is 1.48. The van der Waals surface area contributed by atoms with Crippen LogP contribution in [0.25, 0.3) is 11.1 Å². The fraction of sp³-hybridized carbons (Fsp3) is 0.364. The maximum absolute atomic E-state index is 12.1. The number of pyridine rings is 1. The van der Waals surface area contributed by atoms with Gasteiger partial charge in [0, 0.05) is 6.20 Å². The Labute approximate surface area is 110 Å². The van der Waals surface area contributed by atoms with Crippen LogP contribution in [0.4, 0.5) is 13.2 Å². The second-order valence-corrected chi connectivity index (χ2v) is 4.11. The summed E-state index contributed by atoms with van der Waals surface area (Å²) in [6.45, 7) is 0.714. The molecule has 0 aliphatic heterocycles. The standard InChI is InChI=1S/C11H10F3N3O3/c1-5-7-2-6(3-16-10(7)20-17-5)9(19)15-4-8(18)11(12,13)14/h2-3,8,18H,4H2,1H3,(H,15,19). The van der Waals surface area contributed by atoms with E-state index in [9.17, 15) is 18.0 Å². The molecule has 0 aromatic carbocycles. The lowest BCUT2D eigenvalue weighted by Gasteiger charge is -2.14. The minimum Gasteiger partial charge on any atom is -0.382 e. The van der Waals surface area contributed by atoms with Crippen molar-refractivity contribution in [1.29, 1.82) is 0 Å². The highest BCUT2D eigenvalue weighted by Crippen LogP contribution is 2.20. The molecule has 1 atom stereocenters. The lowest BCUT2D eigenvalue weighted by molar-refractivity contribution is -0.201. The summed E-state index contributed by atoms with van der Waals surface area (Å²) < 4.78 is 41.1. The molecule has 0 aliphatic carbocycles. The topological polar surface area (TPSA) is 88.2 Å². The van der Waals surface area contributed by atoms with Crippen LogP contribution in [0.5, 0.6) is 0 Å². The molecule has 2 aromatic rings. The number of amides is 1. The third-order valence-electron chi connectivity index (χ3n) is 2.61. The van der Waals surface area contributed by atoms with Crippen LogP contribution in [0.2, 0.25) is 0 Å². The van der Waals surface area contributed by atoms with E-state index in [0.717, 1.165) is 6.20 Å². The smallest absolute Gasteiger partial charge is 0.382 e. The zero-order valence-corrected chi connectivity index (χ0v) is 10.2. The molecule has 108 valence electrons. The first-order valence-electron chi connectivity index (χ1n) is 5.54. The number of fused-ring (bicyclic) bond motifs is 1. The molecule has 2 N–H and O–H groups in total. The molecule has 20 heavy (non-hydrogen) atoms. The van der Waals surface area contributed by atoms with Crippen molar-refractivity contribution < 1.29 is 27.6 Å². The SMILES string of the molecule is Cc1noc2ncc(C(=O)NCC(O)C(F)(F)F)cc12. The van der Waals surface area contributed by atoms with Gasteiger partial charge in [-0.25, -0.2) is 4.98 Å². The number of nitrogens with zero attached hydrogens (tertiary/aromatic N) is 2. The molecule has 0 bridgehead atoms. The molecule has 1 unspecified atom stereocenters. The molecule has 6 nitrogen and oxygen atoms in total. The Kier molecular flexibility index (Phi) is 3.62. The molecule has 1 amide bonds. The van der Waals surface area contributed by atoms with Crippen LogP contribution >= 0.6 is 0 Å². The number of aromatic nitrogens is 2. The average molecular weight is 289 g/mol. The van der Waals surface area contributed by atoms with Crippen molar-refractivity contribution >= 4 is 17.0 Å². The second kappa shape index (κ2) is 5.08. The van der Waals surface area contributed by atoms with Crippen molar-refractivity contribution in [3.8, 4) is 0 Å². The quantitative estimate of drug-likeness (QED) is 0.886. The normalized spacial score (nSPS) is 13.4. The fourth-order valence-electron chi connectivity index (χ4n) is 1.48. The minimum atomic E-state index is -4.78. The largest absolute Gasteiger partial charge is 0.416 e. The zero-order valence-electron chi connectivity index (χ0n) is 10.2. The number of carbonyl (C=O) groups is 1. The Morgan fingerprint density at radius 3 is 2.90 bits per heavy atom. The molecule has 2 rings (SSSR count). The number of aliphatic hydroxyl groups excluding tert-OH is 1. The van der Waals surface area contributed by atoms with Gasteiger partial charge in [0.1, 0.15) is 0 Å². The van der Waals surface area contributed by atoms with E-state index in [2.05, 4.69) is 10.1 Å². The molecule has 2 aromatic heterocycles. The van der Waals surface area contributed by atoms with Crippen LogP contribution in [0, 0.1) is 6.92 Å². The second-order valence-electron chi connectivity index (χ2n) is 4.11. The maximum Gasteiger partial charge on any atom is 0.416 e. The van der Waals surface area contributed by atoms with Crippen molar-refractivity contribution in [2.75, 3.05) is 6.54 Å². The van der Waals surface area contributed by atoms with Crippen molar-refractivity contribution in [2.45, 2.75) is 19.2 Å². The lowest BCUT2D eigenvalue weighted by Crippen LogP contribution is -2.40. The van der Waals surface area contributed by atoms with E-state index in [1.54, 1.807) is 6.92 Å². The van der Waals surface area contributed by atoms with Gasteiger partial charge in [-0.1, -0.05) is 5.16 Å². The van der Waals surface area contributed by atoms with Crippen LogP contribution in [0.15, 0.2) is 16.8 Å². The van der Waals surface area contributed by atoms with Crippen molar-refractivity contribution in [1.82, 2.24) is 15.5 Å². The Morgan fingerprint density at radius 2 is 2.25 bits per heavy atom. The molecule has 0 aliphatic rings. The molecule has 0 fully saturated rings. The van der Waals surface area contributed by atoms with Crippen molar-refractivity contribution in [3.05, 3.63) is 23.5 Å². The average Bonchev–Trinajstić information content (AvgIpc) is 2.75. The Balaban J connectivity index is 2.09. The molecular formula is C11H10F3N3O3. The summed E-state index contributed by atoms with van der Waals surface area (Å²) >= 11 is 0. The molecule has 0 spiro atoms. The Bertz CT molecular complexity index is 639. The van der Waals surface area contributed by atoms with E-state index < -0.39 is 24.7 Å². The molecule has 0 saturated heterocycles. The van der Waals surface area contributed by atoms with Crippen LogP contribution < -0.4 is 5.32 Å². The maximum atomic E-state index is 12.1. The van der Waals surface area contributed by atoms with Crippen LogP contribution in [-0.4, -0.2) is 40.0 Å². The highest BCUT2D eigenvalue weighted by molar-refractivity contribution is 5.96. The highest BCUT2D eigenvalue weighted by Gasteiger charge is 2.38. The molecule has 0 radical (unpaired) electrons. The number of carbonyl (C=O) groups excluding carboxylic acids is 1. The zero-order chi connectivity index (χ0) is 14.9. The van der Waals surface area contributed by atoms with Crippen molar-refractivity contribution in [3.63, 3.8) is 0 Å². The number of alkyl halides is 3. The summed E-state index contributed by atoms with van der Waals surface area (Å²) in [4.78, 5) is 15.5. The first-order valence-corrected chi connectivity index (χ1v) is 5.54. The van der Waals surface area contributed by atoms with E-state index in [1.165, 1.54) is 6.07 Å². The van der Waals surface area contributed by atoms with Gasteiger partial charge in [0.05, 0.1) is 23.2 Å². The predicted molar refractivity (Wildman–Crippen MR) is 60.9 cm³/mol. The Morgan fingerprint density at radius 1 is 1.55 bits per heavy atom. The number of hydrogen-bond acceptors (Lipinski definition) is 5. The monoisotopic (exact) mass is 289 g/mol. The van der Waals surface area contributed by atoms with E-state index in [1.807, 2.05) is 5.32 Å². The van der Waals surface area contributed by atoms with Gasteiger partial charge in [-0.3, -0.25) is 4.79 Å². The van der Waals surface area contributed by atoms with E-state index in [0.29, 0.717) is 11.1 Å². The molecule has 2 heterocycles. The molecular weight excluding hydrogens is 279 g/mol. The van der Waals surface area contributed by atoms with E-state index >= 15 is 0 Å². The number of halogens is 3. The number of aryl methyl sites for hydroxylation is 1. The van der Waals surface area contributed by atoms with E-state index in [-0.39, 0.29) is 11.3 Å². The number of nitrogens with one attached hydrogen (secondary N) is 1. The number of hydrogen-bond donors (Lipinski definition) is 2. The third kappa shape index (κ3) is 2.87. The summed E-state index contributed by atoms with van der Waals surface area (Å²) in [5.74, 6) is -0.775. The first kappa shape index (κ1) is 14.3. The van der Waals surface area contributed by atoms with E-state index in [4.69, 9.17) is 9.63 Å². The third-order valence-corrected chi connectivity index (χ3v) is 2.61. The van der Waals surface area contributed by atoms with Crippen LogP contribution in [0.3, 0.4) is 0 Å². The van der Waals surface area contributed by atoms with Crippen LogP contribution in [-0.2, 0) is 0 Å². The summed E-state index contributed by atoms with van der Waals surface area (Å²) in [6, 6.07) is 1.41.